The Kier molecular flexibility index (Phi) is 5.60. The van der Waals surface area contributed by atoms with Crippen LogP contribution >= 0.6 is 0 Å². The molecule has 1 aliphatic rings. The fraction of sp³-hybridized carbons (Fsp3) is 0.421. The Bertz CT molecular complexity index is 690. The van der Waals surface area contributed by atoms with Gasteiger partial charge >= 0.3 is 0 Å². The molecule has 6 heteroatoms. The smallest absolute Gasteiger partial charge is 0.241 e. The van der Waals surface area contributed by atoms with Crippen LogP contribution in [0.3, 0.4) is 0 Å². The van der Waals surface area contributed by atoms with Gasteiger partial charge in [0.1, 0.15) is 12.1 Å². The number of amides is 1. The molecular weight excluding hydrogens is 316 g/mol. The number of rotatable bonds is 5. The van der Waals surface area contributed by atoms with Crippen molar-refractivity contribution in [1.82, 2.24) is 14.9 Å². The van der Waals surface area contributed by atoms with Gasteiger partial charge in [0.25, 0.3) is 0 Å². The van der Waals surface area contributed by atoms with E-state index in [9.17, 15) is 4.79 Å². The van der Waals surface area contributed by atoms with Crippen molar-refractivity contribution < 1.29 is 9.53 Å². The Morgan fingerprint density at radius 3 is 2.80 bits per heavy atom. The summed E-state index contributed by atoms with van der Waals surface area (Å²) in [6.45, 7) is 3.73. The largest absolute Gasteiger partial charge is 0.497 e. The number of likely N-dealkylation sites (tertiary alicyclic amines) is 1. The third kappa shape index (κ3) is 4.33. The molecule has 0 saturated carbocycles. The van der Waals surface area contributed by atoms with Crippen molar-refractivity contribution >= 4 is 11.6 Å². The van der Waals surface area contributed by atoms with Crippen molar-refractivity contribution in [1.29, 1.82) is 0 Å². The summed E-state index contributed by atoms with van der Waals surface area (Å²) in [5.74, 6) is 1.14. The summed E-state index contributed by atoms with van der Waals surface area (Å²) >= 11 is 0. The highest BCUT2D eigenvalue weighted by molar-refractivity contribution is 5.94. The number of ether oxygens (including phenoxy) is 1. The molecule has 2 heterocycles. The maximum atomic E-state index is 12.6. The summed E-state index contributed by atoms with van der Waals surface area (Å²) in [6, 6.07) is 9.16. The number of aromatic nitrogens is 2. The number of carbonyl (C=O) groups is 1. The molecule has 132 valence electrons. The van der Waals surface area contributed by atoms with E-state index < -0.39 is 0 Å². The van der Waals surface area contributed by atoms with E-state index >= 15 is 0 Å². The molecule has 1 amide bonds. The Morgan fingerprint density at radius 2 is 2.12 bits per heavy atom. The number of hydrogen-bond acceptors (Lipinski definition) is 5. The van der Waals surface area contributed by atoms with Crippen molar-refractivity contribution in [2.75, 3.05) is 25.5 Å². The quantitative estimate of drug-likeness (QED) is 0.906. The van der Waals surface area contributed by atoms with Crippen molar-refractivity contribution in [3.63, 3.8) is 0 Å². The van der Waals surface area contributed by atoms with E-state index in [1.54, 1.807) is 19.6 Å². The van der Waals surface area contributed by atoms with E-state index in [-0.39, 0.29) is 11.9 Å². The van der Waals surface area contributed by atoms with Crippen molar-refractivity contribution in [3.8, 4) is 5.75 Å². The number of piperidine rings is 1. The fourth-order valence-corrected chi connectivity index (χ4v) is 3.23. The highest BCUT2D eigenvalue weighted by atomic mass is 16.5. The number of carbonyl (C=O) groups excluding carboxylic acids is 1. The lowest BCUT2D eigenvalue weighted by molar-refractivity contribution is -0.121. The Balaban J connectivity index is 1.61. The van der Waals surface area contributed by atoms with E-state index in [0.29, 0.717) is 5.92 Å². The van der Waals surface area contributed by atoms with Crippen LogP contribution in [0.2, 0.25) is 0 Å². The van der Waals surface area contributed by atoms with E-state index in [0.717, 1.165) is 43.1 Å². The van der Waals surface area contributed by atoms with Crippen molar-refractivity contribution in [2.45, 2.75) is 31.7 Å². The Labute approximate surface area is 148 Å². The number of anilines is 1. The van der Waals surface area contributed by atoms with Crippen LogP contribution < -0.4 is 10.1 Å². The lowest BCUT2D eigenvalue weighted by Gasteiger charge is -2.35. The van der Waals surface area contributed by atoms with Gasteiger partial charge in [0.15, 0.2) is 0 Å². The summed E-state index contributed by atoms with van der Waals surface area (Å²) < 4.78 is 5.14. The SMILES string of the molecule is COc1ccc(NC(=O)C(C)N2CCCC(c3ccncn3)C2)cc1. The zero-order valence-corrected chi connectivity index (χ0v) is 14.7. The summed E-state index contributed by atoms with van der Waals surface area (Å²) in [5.41, 5.74) is 1.84. The molecule has 0 radical (unpaired) electrons. The van der Waals surface area contributed by atoms with Gasteiger partial charge in [0.05, 0.1) is 13.2 Å². The van der Waals surface area contributed by atoms with E-state index in [4.69, 9.17) is 4.74 Å². The van der Waals surface area contributed by atoms with Gasteiger partial charge < -0.3 is 10.1 Å². The van der Waals surface area contributed by atoms with Gasteiger partial charge in [0.2, 0.25) is 5.91 Å². The van der Waals surface area contributed by atoms with Gasteiger partial charge in [-0.3, -0.25) is 9.69 Å². The second-order valence-corrected chi connectivity index (χ2v) is 6.36. The zero-order valence-electron chi connectivity index (χ0n) is 14.7. The molecule has 3 rings (SSSR count). The molecule has 0 aliphatic carbocycles. The van der Waals surface area contributed by atoms with Crippen LogP contribution in [0.4, 0.5) is 5.69 Å². The number of hydrogen-bond donors (Lipinski definition) is 1. The molecule has 1 saturated heterocycles. The standard InChI is InChI=1S/C19H24N4O2/c1-14(19(24)22-16-5-7-17(25-2)8-6-16)23-11-3-4-15(12-23)18-9-10-20-13-21-18/h5-10,13-15H,3-4,11-12H2,1-2H3,(H,22,24). The van der Waals surface area contributed by atoms with Crippen molar-refractivity contribution in [3.05, 3.63) is 48.5 Å². The lowest BCUT2D eigenvalue weighted by Crippen LogP contribution is -2.46. The maximum absolute atomic E-state index is 12.6. The van der Waals surface area contributed by atoms with Gasteiger partial charge in [-0.15, -0.1) is 0 Å². The molecule has 2 aromatic rings. The van der Waals surface area contributed by atoms with Crippen LogP contribution in [0.25, 0.3) is 0 Å². The van der Waals surface area contributed by atoms with Gasteiger partial charge in [-0.2, -0.15) is 0 Å². The zero-order chi connectivity index (χ0) is 17.6. The third-order valence-electron chi connectivity index (χ3n) is 4.76. The molecular formula is C19H24N4O2. The van der Waals surface area contributed by atoms with Crippen LogP contribution in [-0.2, 0) is 4.79 Å². The van der Waals surface area contributed by atoms with Crippen molar-refractivity contribution in [2.24, 2.45) is 0 Å². The van der Waals surface area contributed by atoms with E-state index in [1.165, 1.54) is 0 Å². The molecule has 25 heavy (non-hydrogen) atoms. The van der Waals surface area contributed by atoms with Crippen LogP contribution in [0.1, 0.15) is 31.4 Å². The summed E-state index contributed by atoms with van der Waals surface area (Å²) in [5, 5.41) is 2.98. The monoisotopic (exact) mass is 340 g/mol. The highest BCUT2D eigenvalue weighted by Crippen LogP contribution is 2.26. The molecule has 2 unspecified atom stereocenters. The molecule has 0 spiro atoms. The number of methoxy groups -OCH3 is 1. The summed E-state index contributed by atoms with van der Waals surface area (Å²) in [7, 11) is 1.63. The van der Waals surface area contributed by atoms with E-state index in [1.807, 2.05) is 37.3 Å². The number of benzene rings is 1. The lowest BCUT2D eigenvalue weighted by atomic mass is 9.93. The fourth-order valence-electron chi connectivity index (χ4n) is 3.23. The second kappa shape index (κ2) is 8.07. The average Bonchev–Trinajstić information content (AvgIpc) is 2.68. The Morgan fingerprint density at radius 1 is 1.32 bits per heavy atom. The molecule has 1 aromatic carbocycles. The molecule has 6 nitrogen and oxygen atoms in total. The predicted molar refractivity (Wildman–Crippen MR) is 96.7 cm³/mol. The minimum atomic E-state index is -0.188. The topological polar surface area (TPSA) is 67.3 Å². The maximum Gasteiger partial charge on any atom is 0.241 e. The first-order valence-electron chi connectivity index (χ1n) is 8.62. The van der Waals surface area contributed by atoms with Gasteiger partial charge in [-0.1, -0.05) is 0 Å². The van der Waals surface area contributed by atoms with Crippen LogP contribution in [-0.4, -0.2) is 47.0 Å². The first-order valence-corrected chi connectivity index (χ1v) is 8.62. The second-order valence-electron chi connectivity index (χ2n) is 6.36. The van der Waals surface area contributed by atoms with Crippen LogP contribution in [0.5, 0.6) is 5.75 Å². The minimum absolute atomic E-state index is 0.00787. The molecule has 0 bridgehead atoms. The van der Waals surface area contributed by atoms with Gasteiger partial charge in [-0.05, 0) is 56.6 Å². The van der Waals surface area contributed by atoms with Gasteiger partial charge in [0, 0.05) is 30.0 Å². The minimum Gasteiger partial charge on any atom is -0.497 e. The summed E-state index contributed by atoms with van der Waals surface area (Å²) in [6.07, 6.45) is 5.53. The van der Waals surface area contributed by atoms with E-state index in [2.05, 4.69) is 20.2 Å². The normalized spacial score (nSPS) is 19.2. The predicted octanol–water partition coefficient (Wildman–Crippen LogP) is 2.69. The molecule has 1 aliphatic heterocycles. The van der Waals surface area contributed by atoms with Gasteiger partial charge in [-0.25, -0.2) is 9.97 Å². The van der Waals surface area contributed by atoms with Crippen LogP contribution in [0, 0.1) is 0 Å². The third-order valence-corrected chi connectivity index (χ3v) is 4.76. The summed E-state index contributed by atoms with van der Waals surface area (Å²) in [4.78, 5) is 23.2. The highest BCUT2D eigenvalue weighted by Gasteiger charge is 2.28. The molecule has 1 fully saturated rings. The average molecular weight is 340 g/mol. The molecule has 1 aromatic heterocycles. The first-order chi connectivity index (χ1) is 12.2. The van der Waals surface area contributed by atoms with Crippen LogP contribution in [0.15, 0.2) is 42.9 Å². The Hall–Kier alpha value is -2.47. The number of nitrogens with zero attached hydrogens (tertiary/aromatic N) is 3. The first kappa shape index (κ1) is 17.4. The molecule has 1 N–H and O–H groups in total. The number of nitrogens with one attached hydrogen (secondary N) is 1. The molecule has 2 atom stereocenters.